The zero-order valence-corrected chi connectivity index (χ0v) is 13.7. The van der Waals surface area contributed by atoms with E-state index < -0.39 is 11.7 Å². The number of nitrogens with one attached hydrogen (secondary N) is 1. The van der Waals surface area contributed by atoms with Gasteiger partial charge in [0.05, 0.1) is 6.54 Å². The van der Waals surface area contributed by atoms with Crippen LogP contribution in [0.3, 0.4) is 0 Å². The molecule has 0 unspecified atom stereocenters. The van der Waals surface area contributed by atoms with Gasteiger partial charge in [0.1, 0.15) is 17.7 Å². The Morgan fingerprint density at radius 3 is 2.80 bits per heavy atom. The third kappa shape index (κ3) is 2.35. The van der Waals surface area contributed by atoms with Gasteiger partial charge in [-0.2, -0.15) is 18.3 Å². The molecule has 132 valence electrons. The molecule has 0 amide bonds. The number of hydrogen-bond acceptors (Lipinski definition) is 3. The number of aromatic amines is 1. The first-order valence-electron chi connectivity index (χ1n) is 8.15. The first kappa shape index (κ1) is 16.1. The van der Waals surface area contributed by atoms with Gasteiger partial charge in [0.2, 0.25) is 0 Å². The van der Waals surface area contributed by atoms with Crippen LogP contribution in [0.5, 0.6) is 0 Å². The number of aryl methyl sites for hydroxylation is 1. The van der Waals surface area contributed by atoms with Gasteiger partial charge in [-0.3, -0.25) is 9.58 Å². The normalized spacial score (nSPS) is 22.1. The van der Waals surface area contributed by atoms with E-state index in [1.165, 1.54) is 22.1 Å². The zero-order valence-electron chi connectivity index (χ0n) is 13.7. The number of fused-ring (bicyclic) bond motifs is 1. The van der Waals surface area contributed by atoms with Crippen molar-refractivity contribution in [1.82, 2.24) is 24.6 Å². The number of H-pyrrole nitrogens is 1. The zero-order chi connectivity index (χ0) is 17.7. The number of benzene rings is 1. The molecule has 0 radical (unpaired) electrons. The van der Waals surface area contributed by atoms with Crippen LogP contribution in [-0.2, 0) is 19.1 Å². The number of rotatable bonds is 3. The molecule has 1 aliphatic heterocycles. The molecule has 0 spiro atoms. The van der Waals surface area contributed by atoms with Crippen molar-refractivity contribution in [2.75, 3.05) is 6.54 Å². The topological polar surface area (TPSA) is 49.7 Å². The smallest absolute Gasteiger partial charge is 0.361 e. The monoisotopic (exact) mass is 349 g/mol. The Labute approximate surface area is 142 Å². The van der Waals surface area contributed by atoms with Gasteiger partial charge in [-0.15, -0.1) is 0 Å². The van der Waals surface area contributed by atoms with Crippen LogP contribution < -0.4 is 0 Å². The summed E-state index contributed by atoms with van der Waals surface area (Å²) >= 11 is 0. The van der Waals surface area contributed by atoms with Crippen LogP contribution >= 0.6 is 0 Å². The predicted molar refractivity (Wildman–Crippen MR) is 86.7 cm³/mol. The maximum Gasteiger partial charge on any atom is 0.411 e. The van der Waals surface area contributed by atoms with E-state index in [9.17, 15) is 13.2 Å². The van der Waals surface area contributed by atoms with Gasteiger partial charge in [0, 0.05) is 29.7 Å². The Morgan fingerprint density at radius 2 is 2.08 bits per heavy atom. The van der Waals surface area contributed by atoms with E-state index in [0.29, 0.717) is 29.7 Å². The molecule has 0 bridgehead atoms. The van der Waals surface area contributed by atoms with Gasteiger partial charge in [-0.05, 0) is 25.5 Å². The number of halogens is 3. The van der Waals surface area contributed by atoms with E-state index in [2.05, 4.69) is 15.1 Å². The van der Waals surface area contributed by atoms with Crippen molar-refractivity contribution in [3.05, 3.63) is 48.2 Å². The SMILES string of the molecule is Cn1ncnc1CN1CCC[C@@]1(c1c[nH]c2ccccc12)C(F)(F)F. The number of hydrogen-bond donors (Lipinski definition) is 1. The number of likely N-dealkylation sites (tertiary alicyclic amines) is 1. The summed E-state index contributed by atoms with van der Waals surface area (Å²) in [6.07, 6.45) is -1.00. The van der Waals surface area contributed by atoms with E-state index in [4.69, 9.17) is 0 Å². The third-order valence-electron chi connectivity index (χ3n) is 5.15. The summed E-state index contributed by atoms with van der Waals surface area (Å²) in [6.45, 7) is 0.474. The van der Waals surface area contributed by atoms with Crippen LogP contribution in [0.2, 0.25) is 0 Å². The van der Waals surface area contributed by atoms with E-state index in [1.54, 1.807) is 25.2 Å². The summed E-state index contributed by atoms with van der Waals surface area (Å²) in [5.41, 5.74) is -1.01. The second kappa shape index (κ2) is 5.59. The van der Waals surface area contributed by atoms with Crippen LogP contribution in [0.1, 0.15) is 24.2 Å². The highest BCUT2D eigenvalue weighted by atomic mass is 19.4. The van der Waals surface area contributed by atoms with Crippen molar-refractivity contribution in [1.29, 1.82) is 0 Å². The van der Waals surface area contributed by atoms with Crippen molar-refractivity contribution in [3.63, 3.8) is 0 Å². The van der Waals surface area contributed by atoms with Gasteiger partial charge in [-0.25, -0.2) is 4.98 Å². The molecule has 1 atom stereocenters. The average molecular weight is 349 g/mol. The van der Waals surface area contributed by atoms with Crippen LogP contribution in [0.25, 0.3) is 10.9 Å². The third-order valence-corrected chi connectivity index (χ3v) is 5.15. The highest BCUT2D eigenvalue weighted by Gasteiger charge is 2.62. The van der Waals surface area contributed by atoms with Crippen LogP contribution in [0.4, 0.5) is 13.2 Å². The highest BCUT2D eigenvalue weighted by molar-refractivity contribution is 5.84. The molecular formula is C17H18F3N5. The fourth-order valence-electron chi connectivity index (χ4n) is 3.92. The standard InChI is InChI=1S/C17H18F3N5/c1-24-15(22-11-23-24)10-25-8-4-7-16(25,17(18,19)20)13-9-21-14-6-3-2-5-12(13)14/h2-3,5-6,9,11,21H,4,7-8,10H2,1H3/t16-/m1/s1. The summed E-state index contributed by atoms with van der Waals surface area (Å²) < 4.78 is 44.7. The first-order chi connectivity index (χ1) is 11.9. The maximum absolute atomic E-state index is 14.4. The van der Waals surface area contributed by atoms with Crippen molar-refractivity contribution in [2.24, 2.45) is 7.05 Å². The van der Waals surface area contributed by atoms with E-state index in [1.807, 2.05) is 6.07 Å². The molecule has 1 aliphatic rings. The summed E-state index contributed by atoms with van der Waals surface area (Å²) in [5.74, 6) is 0.523. The quantitative estimate of drug-likeness (QED) is 0.789. The lowest BCUT2D eigenvalue weighted by Gasteiger charge is -2.39. The molecule has 8 heteroatoms. The largest absolute Gasteiger partial charge is 0.411 e. The number of aromatic nitrogens is 4. The molecule has 3 aromatic rings. The minimum atomic E-state index is -4.40. The lowest BCUT2D eigenvalue weighted by molar-refractivity contribution is -0.230. The molecule has 1 N–H and O–H groups in total. The average Bonchev–Trinajstić information content (AvgIpc) is 3.26. The van der Waals surface area contributed by atoms with Crippen molar-refractivity contribution >= 4 is 10.9 Å². The first-order valence-corrected chi connectivity index (χ1v) is 8.15. The molecule has 5 nitrogen and oxygen atoms in total. The van der Waals surface area contributed by atoms with Crippen molar-refractivity contribution in [2.45, 2.75) is 31.1 Å². The van der Waals surface area contributed by atoms with Gasteiger partial charge >= 0.3 is 6.18 Å². The molecule has 2 aromatic heterocycles. The molecule has 4 rings (SSSR count). The van der Waals surface area contributed by atoms with Gasteiger partial charge in [-0.1, -0.05) is 18.2 Å². The number of alkyl halides is 3. The Bertz CT molecular complexity index is 897. The predicted octanol–water partition coefficient (Wildman–Crippen LogP) is 3.35. The van der Waals surface area contributed by atoms with E-state index >= 15 is 0 Å². The van der Waals surface area contributed by atoms with Gasteiger partial charge in [0.25, 0.3) is 0 Å². The van der Waals surface area contributed by atoms with Crippen LogP contribution in [-0.4, -0.2) is 37.4 Å². The maximum atomic E-state index is 14.4. The lowest BCUT2D eigenvalue weighted by atomic mass is 9.86. The summed E-state index contributed by atoms with van der Waals surface area (Å²) in [7, 11) is 1.69. The Kier molecular flexibility index (Phi) is 3.61. The molecule has 1 fully saturated rings. The minimum absolute atomic E-state index is 0.0379. The molecule has 1 aromatic carbocycles. The fraction of sp³-hybridized carbons (Fsp3) is 0.412. The van der Waals surface area contributed by atoms with Crippen LogP contribution in [0, 0.1) is 0 Å². The fourth-order valence-corrected chi connectivity index (χ4v) is 3.92. The van der Waals surface area contributed by atoms with Gasteiger partial charge < -0.3 is 4.98 Å². The number of para-hydroxylation sites is 1. The lowest BCUT2D eigenvalue weighted by Crippen LogP contribution is -2.52. The van der Waals surface area contributed by atoms with Crippen molar-refractivity contribution in [3.8, 4) is 0 Å². The minimum Gasteiger partial charge on any atom is -0.361 e. The summed E-state index contributed by atoms with van der Waals surface area (Å²) in [6, 6.07) is 7.12. The molecule has 1 saturated heterocycles. The van der Waals surface area contributed by atoms with Crippen LogP contribution in [0.15, 0.2) is 36.8 Å². The molecule has 0 aliphatic carbocycles. The highest BCUT2D eigenvalue weighted by Crippen LogP contribution is 2.52. The molecule has 0 saturated carbocycles. The number of nitrogens with zero attached hydrogens (tertiary/aromatic N) is 4. The summed E-state index contributed by atoms with van der Waals surface area (Å²) in [5, 5.41) is 4.59. The van der Waals surface area contributed by atoms with E-state index in [0.717, 1.165) is 0 Å². The Morgan fingerprint density at radius 1 is 1.28 bits per heavy atom. The molecular weight excluding hydrogens is 331 g/mol. The second-order valence-electron chi connectivity index (χ2n) is 6.43. The second-order valence-corrected chi connectivity index (χ2v) is 6.43. The van der Waals surface area contributed by atoms with Gasteiger partial charge in [0.15, 0.2) is 0 Å². The van der Waals surface area contributed by atoms with E-state index in [-0.39, 0.29) is 18.5 Å². The Hall–Kier alpha value is -2.35. The summed E-state index contributed by atoms with van der Waals surface area (Å²) in [4.78, 5) is 8.59. The molecule has 25 heavy (non-hydrogen) atoms. The molecule has 3 heterocycles. The van der Waals surface area contributed by atoms with Crippen molar-refractivity contribution < 1.29 is 13.2 Å². The Balaban J connectivity index is 1.86.